The van der Waals surface area contributed by atoms with Crippen LogP contribution >= 0.6 is 24.0 Å². The molecule has 2 rings (SSSR count). The third-order valence-corrected chi connectivity index (χ3v) is 3.69. The molecular weight excluding hydrogens is 425 g/mol. The zero-order valence-electron chi connectivity index (χ0n) is 15.4. The van der Waals surface area contributed by atoms with E-state index in [2.05, 4.69) is 65.2 Å². The monoisotopic (exact) mass is 455 g/mol. The summed E-state index contributed by atoms with van der Waals surface area (Å²) >= 11 is 0. The van der Waals surface area contributed by atoms with Crippen molar-refractivity contribution in [2.24, 2.45) is 10.9 Å². The number of guanidine groups is 1. The highest BCUT2D eigenvalue weighted by Gasteiger charge is 2.00. The van der Waals surface area contributed by atoms with Crippen LogP contribution in [0.25, 0.3) is 0 Å². The SMILES string of the molecule is CCNC(=NCc1cccc(Cn2ccnc2)c1)NCCC(C)C.I. The molecule has 0 saturated carbocycles. The first-order valence-corrected chi connectivity index (χ1v) is 8.73. The summed E-state index contributed by atoms with van der Waals surface area (Å²) in [7, 11) is 0. The molecule has 1 aromatic carbocycles. The number of aromatic nitrogens is 2. The maximum Gasteiger partial charge on any atom is 0.191 e. The molecule has 2 N–H and O–H groups in total. The molecule has 5 nitrogen and oxygen atoms in total. The Balaban J connectivity index is 0.00000312. The molecule has 0 radical (unpaired) electrons. The summed E-state index contributed by atoms with van der Waals surface area (Å²) in [6.07, 6.45) is 6.77. The summed E-state index contributed by atoms with van der Waals surface area (Å²) in [4.78, 5) is 8.78. The molecule has 0 aliphatic heterocycles. The topological polar surface area (TPSA) is 54.2 Å². The van der Waals surface area contributed by atoms with E-state index in [4.69, 9.17) is 4.99 Å². The van der Waals surface area contributed by atoms with Crippen LogP contribution in [-0.4, -0.2) is 28.6 Å². The van der Waals surface area contributed by atoms with E-state index < -0.39 is 0 Å². The van der Waals surface area contributed by atoms with Gasteiger partial charge in [-0.1, -0.05) is 38.1 Å². The number of hydrogen-bond donors (Lipinski definition) is 2. The van der Waals surface area contributed by atoms with Crippen LogP contribution in [0, 0.1) is 5.92 Å². The van der Waals surface area contributed by atoms with Crippen molar-refractivity contribution in [3.05, 3.63) is 54.1 Å². The Kier molecular flexibility index (Phi) is 10.2. The molecule has 0 unspecified atom stereocenters. The number of imidazole rings is 1. The zero-order valence-corrected chi connectivity index (χ0v) is 17.7. The predicted molar refractivity (Wildman–Crippen MR) is 115 cm³/mol. The fraction of sp³-hybridized carbons (Fsp3) is 0.474. The summed E-state index contributed by atoms with van der Waals surface area (Å²) in [5.74, 6) is 1.58. The van der Waals surface area contributed by atoms with E-state index in [0.29, 0.717) is 12.5 Å². The Morgan fingerprint density at radius 2 is 2.04 bits per heavy atom. The lowest BCUT2D eigenvalue weighted by Gasteiger charge is -2.12. The van der Waals surface area contributed by atoms with Crippen molar-refractivity contribution in [3.63, 3.8) is 0 Å². The number of nitrogens with zero attached hydrogens (tertiary/aromatic N) is 3. The molecule has 0 atom stereocenters. The van der Waals surface area contributed by atoms with E-state index >= 15 is 0 Å². The zero-order chi connectivity index (χ0) is 17.2. The second-order valence-electron chi connectivity index (χ2n) is 6.36. The first-order chi connectivity index (χ1) is 11.7. The number of benzene rings is 1. The molecule has 0 fully saturated rings. The first kappa shape index (κ1) is 21.5. The van der Waals surface area contributed by atoms with Crippen LogP contribution in [0.4, 0.5) is 0 Å². The van der Waals surface area contributed by atoms with Crippen molar-refractivity contribution in [3.8, 4) is 0 Å². The van der Waals surface area contributed by atoms with E-state index in [1.165, 1.54) is 11.1 Å². The largest absolute Gasteiger partial charge is 0.357 e. The first-order valence-electron chi connectivity index (χ1n) is 8.73. The number of rotatable bonds is 8. The number of halogens is 1. The molecular formula is C19H30IN5. The Bertz CT molecular complexity index is 623. The minimum Gasteiger partial charge on any atom is -0.357 e. The maximum absolute atomic E-state index is 4.69. The second-order valence-corrected chi connectivity index (χ2v) is 6.36. The lowest BCUT2D eigenvalue weighted by Crippen LogP contribution is -2.38. The van der Waals surface area contributed by atoms with Gasteiger partial charge in [-0.25, -0.2) is 9.98 Å². The lowest BCUT2D eigenvalue weighted by molar-refractivity contribution is 0.573. The molecule has 0 bridgehead atoms. The van der Waals surface area contributed by atoms with Crippen molar-refractivity contribution in [1.82, 2.24) is 20.2 Å². The van der Waals surface area contributed by atoms with Crippen LogP contribution in [0.2, 0.25) is 0 Å². The fourth-order valence-corrected chi connectivity index (χ4v) is 2.41. The predicted octanol–water partition coefficient (Wildman–Crippen LogP) is 3.65. The van der Waals surface area contributed by atoms with Crippen LogP contribution in [0.15, 0.2) is 48.0 Å². The summed E-state index contributed by atoms with van der Waals surface area (Å²) in [5, 5.41) is 6.70. The molecule has 2 aromatic rings. The number of nitrogens with one attached hydrogen (secondary N) is 2. The van der Waals surface area contributed by atoms with Gasteiger partial charge >= 0.3 is 0 Å². The summed E-state index contributed by atoms with van der Waals surface area (Å²) in [6.45, 7) is 9.89. The number of aliphatic imine (C=N–C) groups is 1. The quantitative estimate of drug-likeness (QED) is 0.363. The van der Waals surface area contributed by atoms with Crippen molar-refractivity contribution in [2.75, 3.05) is 13.1 Å². The van der Waals surface area contributed by atoms with Crippen LogP contribution < -0.4 is 10.6 Å². The fourth-order valence-electron chi connectivity index (χ4n) is 2.41. The molecule has 1 aromatic heterocycles. The number of hydrogen-bond acceptors (Lipinski definition) is 2. The summed E-state index contributed by atoms with van der Waals surface area (Å²) in [5.41, 5.74) is 2.48. The molecule has 0 amide bonds. The molecule has 1 heterocycles. The van der Waals surface area contributed by atoms with Gasteiger partial charge in [-0.05, 0) is 30.4 Å². The standard InChI is InChI=1S/C19H29N5.HI/c1-4-21-19(22-9-8-16(2)3)23-13-17-6-5-7-18(12-17)14-24-11-10-20-15-24;/h5-7,10-12,15-16H,4,8-9,13-14H2,1-3H3,(H2,21,22,23);1H. The molecule has 0 saturated heterocycles. The molecule has 0 aliphatic carbocycles. The van der Waals surface area contributed by atoms with Crippen molar-refractivity contribution >= 4 is 29.9 Å². The summed E-state index contributed by atoms with van der Waals surface area (Å²) < 4.78 is 2.07. The van der Waals surface area contributed by atoms with Crippen LogP contribution in [-0.2, 0) is 13.1 Å². The van der Waals surface area contributed by atoms with Crippen LogP contribution in [0.3, 0.4) is 0 Å². The highest BCUT2D eigenvalue weighted by Crippen LogP contribution is 2.08. The average Bonchev–Trinajstić information content (AvgIpc) is 3.05. The van der Waals surface area contributed by atoms with Crippen LogP contribution in [0.1, 0.15) is 38.3 Å². The Morgan fingerprint density at radius 1 is 1.24 bits per heavy atom. The second kappa shape index (κ2) is 11.9. The van der Waals surface area contributed by atoms with Gasteiger partial charge in [0.15, 0.2) is 5.96 Å². The minimum absolute atomic E-state index is 0. The highest BCUT2D eigenvalue weighted by atomic mass is 127. The molecule has 25 heavy (non-hydrogen) atoms. The molecule has 138 valence electrons. The van der Waals surface area contributed by atoms with Gasteiger partial charge in [-0.2, -0.15) is 0 Å². The van der Waals surface area contributed by atoms with E-state index in [1.807, 2.05) is 12.5 Å². The maximum atomic E-state index is 4.69. The van der Waals surface area contributed by atoms with Gasteiger partial charge in [0.05, 0.1) is 12.9 Å². The molecule has 0 aliphatic rings. The Labute approximate surface area is 168 Å². The normalized spacial score (nSPS) is 11.3. The molecule has 0 spiro atoms. The molecule has 6 heteroatoms. The minimum atomic E-state index is 0. The van der Waals surface area contributed by atoms with Gasteiger partial charge in [0.2, 0.25) is 0 Å². The van der Waals surface area contributed by atoms with E-state index in [1.54, 1.807) is 6.20 Å². The van der Waals surface area contributed by atoms with Gasteiger partial charge in [0, 0.05) is 32.0 Å². The Morgan fingerprint density at radius 3 is 2.72 bits per heavy atom. The van der Waals surface area contributed by atoms with Gasteiger partial charge in [-0.3, -0.25) is 0 Å². The van der Waals surface area contributed by atoms with Crippen molar-refractivity contribution in [1.29, 1.82) is 0 Å². The van der Waals surface area contributed by atoms with Crippen LogP contribution in [0.5, 0.6) is 0 Å². The lowest BCUT2D eigenvalue weighted by atomic mass is 10.1. The van der Waals surface area contributed by atoms with Gasteiger partial charge in [0.25, 0.3) is 0 Å². The smallest absolute Gasteiger partial charge is 0.191 e. The third-order valence-electron chi connectivity index (χ3n) is 3.69. The van der Waals surface area contributed by atoms with E-state index in [-0.39, 0.29) is 24.0 Å². The van der Waals surface area contributed by atoms with E-state index in [9.17, 15) is 0 Å². The van der Waals surface area contributed by atoms with Crippen molar-refractivity contribution in [2.45, 2.75) is 40.3 Å². The van der Waals surface area contributed by atoms with Gasteiger partial charge in [-0.15, -0.1) is 24.0 Å². The average molecular weight is 455 g/mol. The highest BCUT2D eigenvalue weighted by molar-refractivity contribution is 14.0. The van der Waals surface area contributed by atoms with E-state index in [0.717, 1.165) is 32.0 Å². The summed E-state index contributed by atoms with van der Waals surface area (Å²) in [6, 6.07) is 8.56. The third kappa shape index (κ3) is 8.38. The van der Waals surface area contributed by atoms with Crippen molar-refractivity contribution < 1.29 is 0 Å². The van der Waals surface area contributed by atoms with Gasteiger partial charge in [0.1, 0.15) is 0 Å². The Hall–Kier alpha value is -1.57. The van der Waals surface area contributed by atoms with Gasteiger partial charge < -0.3 is 15.2 Å².